The average Bonchev–Trinajstić information content (AvgIpc) is 3.33. The van der Waals surface area contributed by atoms with Crippen molar-refractivity contribution >= 4 is 12.0 Å². The van der Waals surface area contributed by atoms with Gasteiger partial charge in [-0.1, -0.05) is 24.3 Å². The normalized spacial score (nSPS) is 22.7. The summed E-state index contributed by atoms with van der Waals surface area (Å²) in [4.78, 5) is 32.0. The molecule has 2 fully saturated rings. The van der Waals surface area contributed by atoms with Crippen molar-refractivity contribution in [2.75, 3.05) is 13.1 Å². The van der Waals surface area contributed by atoms with Crippen molar-refractivity contribution in [1.29, 1.82) is 0 Å². The van der Waals surface area contributed by atoms with E-state index in [-0.39, 0.29) is 30.8 Å². The Morgan fingerprint density at radius 3 is 2.53 bits per heavy atom. The number of nitrogens with zero attached hydrogens (tertiary/aromatic N) is 3. The number of hydrogen-bond donors (Lipinski definition) is 1. The van der Waals surface area contributed by atoms with E-state index in [9.17, 15) is 27.9 Å². The number of pyridine rings is 1. The van der Waals surface area contributed by atoms with Gasteiger partial charge in [0.1, 0.15) is 12.3 Å². The molecule has 3 unspecified atom stereocenters. The van der Waals surface area contributed by atoms with E-state index in [2.05, 4.69) is 4.98 Å². The van der Waals surface area contributed by atoms with Gasteiger partial charge in [-0.05, 0) is 31.5 Å². The molecule has 2 amide bonds. The van der Waals surface area contributed by atoms with Crippen LogP contribution in [-0.4, -0.2) is 63.2 Å². The van der Waals surface area contributed by atoms with Crippen molar-refractivity contribution in [3.05, 3.63) is 65.0 Å². The van der Waals surface area contributed by atoms with Crippen LogP contribution in [0.25, 0.3) is 0 Å². The van der Waals surface area contributed by atoms with E-state index in [1.54, 1.807) is 35.2 Å². The molecule has 10 heteroatoms. The number of fused-ring (bicyclic) bond motifs is 1. The molecule has 170 valence electrons. The molecule has 2 aliphatic heterocycles. The van der Waals surface area contributed by atoms with E-state index in [1.807, 2.05) is 0 Å². The monoisotopic (exact) mass is 449 g/mol. The SMILES string of the molecule is Cc1nc(C(F)(F)F)ccc1COC(=O)N1CCC2C1C(O)CN2C(=O)c1ccccc1. The summed E-state index contributed by atoms with van der Waals surface area (Å²) < 4.78 is 43.6. The zero-order valence-electron chi connectivity index (χ0n) is 17.2. The highest BCUT2D eigenvalue weighted by molar-refractivity contribution is 5.94. The van der Waals surface area contributed by atoms with E-state index >= 15 is 0 Å². The maximum atomic E-state index is 12.9. The molecule has 4 rings (SSSR count). The molecule has 2 aliphatic rings. The molecule has 0 spiro atoms. The molecular formula is C22H22F3N3O4. The van der Waals surface area contributed by atoms with Crippen LogP contribution in [0, 0.1) is 6.92 Å². The van der Waals surface area contributed by atoms with Crippen LogP contribution in [0.3, 0.4) is 0 Å². The number of aliphatic hydroxyl groups excluding tert-OH is 1. The van der Waals surface area contributed by atoms with Crippen LogP contribution >= 0.6 is 0 Å². The summed E-state index contributed by atoms with van der Waals surface area (Å²) in [5, 5.41) is 10.6. The van der Waals surface area contributed by atoms with Crippen molar-refractivity contribution in [1.82, 2.24) is 14.8 Å². The second kappa shape index (κ2) is 8.42. The number of carbonyl (C=O) groups excluding carboxylic acids is 2. The van der Waals surface area contributed by atoms with Crippen LogP contribution in [-0.2, 0) is 17.5 Å². The number of halogens is 3. The van der Waals surface area contributed by atoms with Crippen LogP contribution in [0.5, 0.6) is 0 Å². The van der Waals surface area contributed by atoms with Crippen LogP contribution in [0.1, 0.15) is 33.7 Å². The fourth-order valence-electron chi connectivity index (χ4n) is 4.36. The van der Waals surface area contributed by atoms with Gasteiger partial charge in [0.05, 0.1) is 18.2 Å². The molecular weight excluding hydrogens is 427 g/mol. The number of rotatable bonds is 3. The average molecular weight is 449 g/mol. The third kappa shape index (κ3) is 4.14. The first kappa shape index (κ1) is 22.1. The Labute approximate surface area is 182 Å². The first-order valence-corrected chi connectivity index (χ1v) is 10.2. The summed E-state index contributed by atoms with van der Waals surface area (Å²) in [5.41, 5.74) is -0.0289. The van der Waals surface area contributed by atoms with Crippen molar-refractivity contribution in [2.45, 2.75) is 44.3 Å². The van der Waals surface area contributed by atoms with Crippen LogP contribution in [0.15, 0.2) is 42.5 Å². The van der Waals surface area contributed by atoms with Crippen molar-refractivity contribution in [3.63, 3.8) is 0 Å². The number of benzene rings is 1. The second-order valence-corrected chi connectivity index (χ2v) is 7.92. The fraction of sp³-hybridized carbons (Fsp3) is 0.409. The minimum Gasteiger partial charge on any atom is -0.444 e. The van der Waals surface area contributed by atoms with E-state index < -0.39 is 30.1 Å². The van der Waals surface area contributed by atoms with Gasteiger partial charge in [-0.25, -0.2) is 9.78 Å². The van der Waals surface area contributed by atoms with Crippen molar-refractivity contribution < 1.29 is 32.6 Å². The Morgan fingerprint density at radius 1 is 1.16 bits per heavy atom. The van der Waals surface area contributed by atoms with Gasteiger partial charge in [0.2, 0.25) is 0 Å². The molecule has 2 aromatic rings. The molecule has 1 N–H and O–H groups in total. The molecule has 0 aliphatic carbocycles. The van der Waals surface area contributed by atoms with E-state index in [1.165, 1.54) is 17.9 Å². The minimum absolute atomic E-state index is 0.106. The molecule has 2 saturated heterocycles. The predicted octanol–water partition coefficient (Wildman–Crippen LogP) is 3.01. The molecule has 1 aromatic heterocycles. The van der Waals surface area contributed by atoms with Gasteiger partial charge in [0.25, 0.3) is 5.91 Å². The maximum absolute atomic E-state index is 12.9. The number of aryl methyl sites for hydroxylation is 1. The second-order valence-electron chi connectivity index (χ2n) is 7.92. The Hall–Kier alpha value is -3.14. The van der Waals surface area contributed by atoms with Crippen molar-refractivity contribution in [2.24, 2.45) is 0 Å². The van der Waals surface area contributed by atoms with Gasteiger partial charge in [0, 0.05) is 29.9 Å². The van der Waals surface area contributed by atoms with Gasteiger partial charge < -0.3 is 19.6 Å². The third-order valence-electron chi connectivity index (χ3n) is 5.95. The quantitative estimate of drug-likeness (QED) is 0.779. The minimum atomic E-state index is -4.55. The molecule has 0 saturated carbocycles. The van der Waals surface area contributed by atoms with Crippen molar-refractivity contribution in [3.8, 4) is 0 Å². The molecule has 0 bridgehead atoms. The zero-order chi connectivity index (χ0) is 23.0. The van der Waals surface area contributed by atoms with Crippen LogP contribution in [0.2, 0.25) is 0 Å². The Kier molecular flexibility index (Phi) is 5.81. The number of β-amino-alcohol motifs (C(OH)–C–C–N with tert-alkyl or cyclic N) is 1. The van der Waals surface area contributed by atoms with E-state index in [0.29, 0.717) is 24.1 Å². The van der Waals surface area contributed by atoms with Gasteiger partial charge in [-0.3, -0.25) is 4.79 Å². The predicted molar refractivity (Wildman–Crippen MR) is 107 cm³/mol. The van der Waals surface area contributed by atoms with Gasteiger partial charge in [-0.2, -0.15) is 13.2 Å². The van der Waals surface area contributed by atoms with Crippen LogP contribution in [0.4, 0.5) is 18.0 Å². The molecule has 1 aromatic carbocycles. The summed E-state index contributed by atoms with van der Waals surface area (Å²) in [5.74, 6) is -0.209. The smallest absolute Gasteiger partial charge is 0.433 e. The van der Waals surface area contributed by atoms with E-state index in [4.69, 9.17) is 4.74 Å². The molecule has 32 heavy (non-hydrogen) atoms. The highest BCUT2D eigenvalue weighted by Crippen LogP contribution is 2.34. The lowest BCUT2D eigenvalue weighted by atomic mass is 10.1. The number of alkyl halides is 3. The summed E-state index contributed by atoms with van der Waals surface area (Å²) in [6.07, 6.45) is -5.66. The number of hydrogen-bond acceptors (Lipinski definition) is 5. The van der Waals surface area contributed by atoms with Crippen LogP contribution < -0.4 is 0 Å². The molecule has 7 nitrogen and oxygen atoms in total. The lowest BCUT2D eigenvalue weighted by molar-refractivity contribution is -0.141. The zero-order valence-corrected chi connectivity index (χ0v) is 17.2. The highest BCUT2D eigenvalue weighted by Gasteiger charge is 2.51. The number of aromatic nitrogens is 1. The topological polar surface area (TPSA) is 83.0 Å². The lowest BCUT2D eigenvalue weighted by Crippen LogP contribution is -2.45. The summed E-state index contributed by atoms with van der Waals surface area (Å²) in [6, 6.07) is 9.86. The van der Waals surface area contributed by atoms with Gasteiger partial charge in [-0.15, -0.1) is 0 Å². The first-order valence-electron chi connectivity index (χ1n) is 10.2. The number of ether oxygens (including phenoxy) is 1. The number of aliphatic hydroxyl groups is 1. The fourth-order valence-corrected chi connectivity index (χ4v) is 4.36. The maximum Gasteiger partial charge on any atom is 0.433 e. The Bertz CT molecular complexity index is 1020. The molecule has 0 radical (unpaired) electrons. The highest BCUT2D eigenvalue weighted by atomic mass is 19.4. The summed E-state index contributed by atoms with van der Waals surface area (Å²) >= 11 is 0. The number of amides is 2. The summed E-state index contributed by atoms with van der Waals surface area (Å²) in [6.45, 7) is 1.58. The van der Waals surface area contributed by atoms with E-state index in [0.717, 1.165) is 6.07 Å². The first-order chi connectivity index (χ1) is 15.2. The largest absolute Gasteiger partial charge is 0.444 e. The Balaban J connectivity index is 1.41. The number of carbonyl (C=O) groups is 2. The third-order valence-corrected chi connectivity index (χ3v) is 5.95. The molecule has 3 atom stereocenters. The standard InChI is InChI=1S/C22H22F3N3O4/c1-13-15(7-8-18(26-13)22(23,24)25)12-32-21(31)27-10-9-16-19(27)17(29)11-28(16)20(30)14-5-3-2-4-6-14/h2-8,16-17,19,29H,9-12H2,1H3. The Morgan fingerprint density at radius 2 is 1.88 bits per heavy atom. The molecule has 3 heterocycles. The van der Waals surface area contributed by atoms with Gasteiger partial charge in [0.15, 0.2) is 0 Å². The number of likely N-dealkylation sites (tertiary alicyclic amines) is 2. The van der Waals surface area contributed by atoms with Gasteiger partial charge >= 0.3 is 12.3 Å². The summed E-state index contributed by atoms with van der Waals surface area (Å²) in [7, 11) is 0. The lowest BCUT2D eigenvalue weighted by Gasteiger charge is -2.26.